The molecular formula is C17H12BF2N3O4. The summed E-state index contributed by atoms with van der Waals surface area (Å²) < 4.78 is 34.6. The van der Waals surface area contributed by atoms with E-state index in [0.29, 0.717) is 22.3 Å². The highest BCUT2D eigenvalue weighted by molar-refractivity contribution is 6.61. The lowest BCUT2D eigenvalue weighted by atomic mass is 9.79. The third-order valence-electron chi connectivity index (χ3n) is 4.10. The lowest BCUT2D eigenvalue weighted by Gasteiger charge is -2.07. The van der Waals surface area contributed by atoms with Gasteiger partial charge in [-0.25, -0.2) is 0 Å². The Hall–Kier alpha value is -3.11. The Morgan fingerprint density at radius 1 is 1.22 bits per heavy atom. The summed E-state index contributed by atoms with van der Waals surface area (Å²) >= 11 is 0. The number of carbonyl (C=O) groups is 1. The van der Waals surface area contributed by atoms with E-state index in [9.17, 15) is 18.6 Å². The van der Waals surface area contributed by atoms with Crippen LogP contribution >= 0.6 is 0 Å². The van der Waals surface area contributed by atoms with Gasteiger partial charge in [0.25, 0.3) is 11.8 Å². The van der Waals surface area contributed by atoms with Crippen molar-refractivity contribution in [2.45, 2.75) is 13.0 Å². The van der Waals surface area contributed by atoms with Crippen LogP contribution in [0.4, 0.5) is 14.5 Å². The zero-order valence-corrected chi connectivity index (χ0v) is 13.7. The number of benzene rings is 2. The first kappa shape index (κ1) is 17.3. The lowest BCUT2D eigenvalue weighted by molar-refractivity contribution is 0.102. The van der Waals surface area contributed by atoms with E-state index in [1.54, 1.807) is 30.3 Å². The number of anilines is 1. The van der Waals surface area contributed by atoms with Crippen LogP contribution in [0.25, 0.3) is 11.4 Å². The summed E-state index contributed by atoms with van der Waals surface area (Å²) in [5, 5.41) is 15.9. The largest absolute Gasteiger partial charge is 0.491 e. The molecule has 0 bridgehead atoms. The van der Waals surface area contributed by atoms with Gasteiger partial charge in [-0.15, -0.1) is 0 Å². The molecular weight excluding hydrogens is 359 g/mol. The van der Waals surface area contributed by atoms with Crippen molar-refractivity contribution in [2.24, 2.45) is 0 Å². The number of hydrogen-bond donors (Lipinski definition) is 2. The van der Waals surface area contributed by atoms with Crippen molar-refractivity contribution in [3.05, 3.63) is 59.5 Å². The topological polar surface area (TPSA) is 97.5 Å². The summed E-state index contributed by atoms with van der Waals surface area (Å²) in [5.74, 6) is -1.07. The summed E-state index contributed by atoms with van der Waals surface area (Å²) in [5.41, 5.74) is 2.88. The summed E-state index contributed by atoms with van der Waals surface area (Å²) in [4.78, 5) is 16.0. The van der Waals surface area contributed by atoms with Crippen LogP contribution in [-0.4, -0.2) is 28.2 Å². The van der Waals surface area contributed by atoms with Crippen LogP contribution in [0.1, 0.15) is 28.2 Å². The number of nitrogens with zero attached hydrogens (tertiary/aromatic N) is 2. The molecule has 0 aliphatic carbocycles. The van der Waals surface area contributed by atoms with Crippen LogP contribution in [0.15, 0.2) is 47.0 Å². The number of nitrogens with one attached hydrogen (secondary N) is 1. The fourth-order valence-electron chi connectivity index (χ4n) is 2.72. The maximum Gasteiger partial charge on any atom is 0.491 e. The number of fused-ring (bicyclic) bond motifs is 1. The van der Waals surface area contributed by atoms with Gasteiger partial charge in [0.15, 0.2) is 0 Å². The number of alkyl halides is 2. The van der Waals surface area contributed by atoms with Gasteiger partial charge in [0, 0.05) is 16.8 Å². The number of aromatic nitrogens is 2. The number of halogens is 2. The van der Waals surface area contributed by atoms with Gasteiger partial charge in [0.05, 0.1) is 6.61 Å². The Morgan fingerprint density at radius 3 is 2.70 bits per heavy atom. The second kappa shape index (κ2) is 6.90. The van der Waals surface area contributed by atoms with Crippen molar-refractivity contribution in [3.8, 4) is 11.4 Å². The molecule has 1 aliphatic rings. The Morgan fingerprint density at radius 2 is 2.00 bits per heavy atom. The van der Waals surface area contributed by atoms with E-state index in [4.69, 9.17) is 4.65 Å². The van der Waals surface area contributed by atoms with E-state index in [0.717, 1.165) is 5.56 Å². The van der Waals surface area contributed by atoms with Gasteiger partial charge in [0.1, 0.15) is 0 Å². The fourth-order valence-corrected chi connectivity index (χ4v) is 2.72. The van der Waals surface area contributed by atoms with Crippen molar-refractivity contribution in [1.82, 2.24) is 10.1 Å². The van der Waals surface area contributed by atoms with Crippen molar-refractivity contribution < 1.29 is 27.8 Å². The minimum atomic E-state index is -2.84. The van der Waals surface area contributed by atoms with Crippen molar-refractivity contribution in [2.75, 3.05) is 5.32 Å². The summed E-state index contributed by atoms with van der Waals surface area (Å²) in [6.45, 7) is 0.278. The van der Waals surface area contributed by atoms with Gasteiger partial charge < -0.3 is 19.5 Å². The van der Waals surface area contributed by atoms with E-state index in [-0.39, 0.29) is 18.3 Å². The molecule has 0 saturated carbocycles. The van der Waals surface area contributed by atoms with Crippen LogP contribution in [0, 0.1) is 0 Å². The molecule has 4 rings (SSSR count). The Kier molecular flexibility index (Phi) is 4.42. The van der Waals surface area contributed by atoms with Crippen LogP contribution in [-0.2, 0) is 11.3 Å². The Bertz CT molecular complexity index is 994. The van der Waals surface area contributed by atoms with Gasteiger partial charge >= 0.3 is 13.5 Å². The molecule has 1 aliphatic heterocycles. The number of amides is 1. The quantitative estimate of drug-likeness (QED) is 0.682. The molecule has 2 N–H and O–H groups in total. The molecule has 3 aromatic rings. The van der Waals surface area contributed by atoms with Crippen LogP contribution in [0.2, 0.25) is 0 Å². The molecule has 0 spiro atoms. The van der Waals surface area contributed by atoms with E-state index >= 15 is 0 Å². The molecule has 2 aromatic carbocycles. The highest BCUT2D eigenvalue weighted by atomic mass is 19.3. The van der Waals surface area contributed by atoms with Crippen molar-refractivity contribution in [3.63, 3.8) is 0 Å². The SMILES string of the molecule is O=C(Nc1ccc2c(c1)COB2O)c1ccc(-c2noc(C(F)F)n2)cc1. The lowest BCUT2D eigenvalue weighted by Crippen LogP contribution is -2.27. The van der Waals surface area contributed by atoms with Gasteiger partial charge in [0.2, 0.25) is 5.82 Å². The highest BCUT2D eigenvalue weighted by Gasteiger charge is 2.27. The molecule has 136 valence electrons. The van der Waals surface area contributed by atoms with Crippen LogP contribution < -0.4 is 10.8 Å². The Labute approximate surface area is 152 Å². The smallest absolute Gasteiger partial charge is 0.423 e. The highest BCUT2D eigenvalue weighted by Crippen LogP contribution is 2.22. The minimum absolute atomic E-state index is 0.0226. The summed E-state index contributed by atoms with van der Waals surface area (Å²) in [7, 11) is -0.937. The maximum atomic E-state index is 12.5. The zero-order valence-electron chi connectivity index (χ0n) is 13.7. The predicted molar refractivity (Wildman–Crippen MR) is 91.5 cm³/mol. The molecule has 7 nitrogen and oxygen atoms in total. The van der Waals surface area contributed by atoms with E-state index in [1.807, 2.05) is 0 Å². The molecule has 1 amide bonds. The zero-order chi connectivity index (χ0) is 19.0. The number of rotatable bonds is 4. The summed E-state index contributed by atoms with van der Waals surface area (Å²) in [6, 6.07) is 11.3. The minimum Gasteiger partial charge on any atom is -0.423 e. The Balaban J connectivity index is 1.48. The monoisotopic (exact) mass is 371 g/mol. The van der Waals surface area contributed by atoms with Crippen LogP contribution in [0.3, 0.4) is 0 Å². The molecule has 27 heavy (non-hydrogen) atoms. The average Bonchev–Trinajstić information content (AvgIpc) is 3.29. The standard InChI is InChI=1S/C17H12BF2N3O4/c19-14(20)17-22-15(23-27-17)9-1-3-10(4-2-9)16(24)21-12-5-6-13-11(7-12)8-26-18(13)25/h1-7,14,25H,8H2,(H,21,24). The second-order valence-electron chi connectivity index (χ2n) is 5.87. The molecule has 1 aromatic heterocycles. The van der Waals surface area contributed by atoms with E-state index < -0.39 is 19.4 Å². The van der Waals surface area contributed by atoms with E-state index in [1.165, 1.54) is 12.1 Å². The molecule has 10 heteroatoms. The molecule has 0 saturated heterocycles. The predicted octanol–water partition coefficient (Wildman–Crippen LogP) is 2.14. The van der Waals surface area contributed by atoms with Crippen molar-refractivity contribution >= 4 is 24.2 Å². The fraction of sp³-hybridized carbons (Fsp3) is 0.118. The summed E-state index contributed by atoms with van der Waals surface area (Å²) in [6.07, 6.45) is -2.84. The van der Waals surface area contributed by atoms with Crippen molar-refractivity contribution in [1.29, 1.82) is 0 Å². The third kappa shape index (κ3) is 3.44. The number of carbonyl (C=O) groups excluding carboxylic acids is 1. The molecule has 0 fully saturated rings. The van der Waals surface area contributed by atoms with Crippen LogP contribution in [0.5, 0.6) is 0 Å². The average molecular weight is 371 g/mol. The molecule has 0 unspecified atom stereocenters. The van der Waals surface area contributed by atoms with Gasteiger partial charge in [-0.2, -0.15) is 13.8 Å². The van der Waals surface area contributed by atoms with Gasteiger partial charge in [-0.1, -0.05) is 23.4 Å². The first-order valence-electron chi connectivity index (χ1n) is 7.97. The first-order valence-corrected chi connectivity index (χ1v) is 7.97. The molecule has 0 atom stereocenters. The third-order valence-corrected chi connectivity index (χ3v) is 4.10. The van der Waals surface area contributed by atoms with Gasteiger partial charge in [-0.05, 0) is 35.3 Å². The van der Waals surface area contributed by atoms with E-state index in [2.05, 4.69) is 20.0 Å². The number of hydrogen-bond acceptors (Lipinski definition) is 6. The van der Waals surface area contributed by atoms with Gasteiger partial charge in [-0.3, -0.25) is 4.79 Å². The molecule has 2 heterocycles. The second-order valence-corrected chi connectivity index (χ2v) is 5.87. The molecule has 0 radical (unpaired) electrons. The normalized spacial score (nSPS) is 13.1. The maximum absolute atomic E-state index is 12.5. The first-order chi connectivity index (χ1) is 13.0.